The maximum Gasteiger partial charge on any atom is 0.00971 e. The standard InChI is InChI=1S/C12H19N/c1-12(2,13)10-6-9-11-7-4-3-5-8-11/h3-5,7-8H,6,9-10,13H2,1-2H3. The Kier molecular flexibility index (Phi) is 3.49. The van der Waals surface area contributed by atoms with Crippen molar-refractivity contribution in [2.24, 2.45) is 5.73 Å². The summed E-state index contributed by atoms with van der Waals surface area (Å²) >= 11 is 0. The molecule has 0 atom stereocenters. The van der Waals surface area contributed by atoms with Crippen LogP contribution in [0.3, 0.4) is 0 Å². The summed E-state index contributed by atoms with van der Waals surface area (Å²) in [5, 5.41) is 0. The third-order valence-corrected chi connectivity index (χ3v) is 2.13. The van der Waals surface area contributed by atoms with Crippen molar-refractivity contribution in [2.45, 2.75) is 38.6 Å². The fourth-order valence-corrected chi connectivity index (χ4v) is 1.39. The first kappa shape index (κ1) is 10.3. The van der Waals surface area contributed by atoms with Gasteiger partial charge < -0.3 is 5.73 Å². The lowest BCUT2D eigenvalue weighted by molar-refractivity contribution is 0.459. The molecule has 0 aliphatic carbocycles. The number of hydrogen-bond acceptors (Lipinski definition) is 1. The van der Waals surface area contributed by atoms with Crippen molar-refractivity contribution < 1.29 is 0 Å². The molecule has 1 aromatic rings. The quantitative estimate of drug-likeness (QED) is 0.752. The molecule has 0 saturated heterocycles. The van der Waals surface area contributed by atoms with E-state index < -0.39 is 0 Å². The Hall–Kier alpha value is -0.820. The molecule has 0 fully saturated rings. The molecule has 1 nitrogen and oxygen atoms in total. The fraction of sp³-hybridized carbons (Fsp3) is 0.500. The maximum atomic E-state index is 5.90. The molecule has 1 heteroatoms. The minimum Gasteiger partial charge on any atom is -0.326 e. The second kappa shape index (κ2) is 4.43. The lowest BCUT2D eigenvalue weighted by atomic mass is 9.97. The predicted molar refractivity (Wildman–Crippen MR) is 57.6 cm³/mol. The van der Waals surface area contributed by atoms with Gasteiger partial charge in [0.2, 0.25) is 0 Å². The van der Waals surface area contributed by atoms with Crippen molar-refractivity contribution >= 4 is 0 Å². The molecule has 0 radical (unpaired) electrons. The first-order valence-electron chi connectivity index (χ1n) is 4.91. The highest BCUT2D eigenvalue weighted by atomic mass is 14.7. The summed E-state index contributed by atoms with van der Waals surface area (Å²) < 4.78 is 0. The summed E-state index contributed by atoms with van der Waals surface area (Å²) in [6.45, 7) is 4.16. The molecule has 0 amide bonds. The van der Waals surface area contributed by atoms with Crippen molar-refractivity contribution in [3.8, 4) is 0 Å². The second-order valence-corrected chi connectivity index (χ2v) is 4.33. The van der Waals surface area contributed by atoms with Gasteiger partial charge in [0.05, 0.1) is 0 Å². The summed E-state index contributed by atoms with van der Waals surface area (Å²) in [4.78, 5) is 0. The third kappa shape index (κ3) is 4.69. The molecule has 0 bridgehead atoms. The van der Waals surface area contributed by atoms with Crippen LogP contribution < -0.4 is 5.73 Å². The molecule has 0 unspecified atom stereocenters. The average molecular weight is 177 g/mol. The van der Waals surface area contributed by atoms with Gasteiger partial charge in [-0.2, -0.15) is 0 Å². The molecule has 0 heterocycles. The van der Waals surface area contributed by atoms with Gasteiger partial charge in [-0.25, -0.2) is 0 Å². The van der Waals surface area contributed by atoms with Crippen LogP contribution in [0.5, 0.6) is 0 Å². The van der Waals surface area contributed by atoms with Crippen molar-refractivity contribution in [1.29, 1.82) is 0 Å². The van der Waals surface area contributed by atoms with Crippen LogP contribution in [0.2, 0.25) is 0 Å². The predicted octanol–water partition coefficient (Wildman–Crippen LogP) is 2.75. The highest BCUT2D eigenvalue weighted by Crippen LogP contribution is 2.11. The first-order chi connectivity index (χ1) is 6.08. The van der Waals surface area contributed by atoms with Gasteiger partial charge in [0.25, 0.3) is 0 Å². The Balaban J connectivity index is 2.29. The van der Waals surface area contributed by atoms with Gasteiger partial charge in [-0.3, -0.25) is 0 Å². The molecular weight excluding hydrogens is 158 g/mol. The number of rotatable bonds is 4. The van der Waals surface area contributed by atoms with Gasteiger partial charge in [0.1, 0.15) is 0 Å². The number of benzene rings is 1. The molecular formula is C12H19N. The Labute approximate surface area is 81.0 Å². The zero-order valence-corrected chi connectivity index (χ0v) is 8.59. The molecule has 72 valence electrons. The van der Waals surface area contributed by atoms with Crippen LogP contribution in [0.25, 0.3) is 0 Å². The van der Waals surface area contributed by atoms with Crippen LogP contribution in [0.15, 0.2) is 30.3 Å². The van der Waals surface area contributed by atoms with Crippen molar-refractivity contribution in [2.75, 3.05) is 0 Å². The highest BCUT2D eigenvalue weighted by molar-refractivity contribution is 5.14. The molecule has 0 spiro atoms. The molecule has 0 aliphatic heterocycles. The fourth-order valence-electron chi connectivity index (χ4n) is 1.39. The zero-order chi connectivity index (χ0) is 9.73. The van der Waals surface area contributed by atoms with Crippen LogP contribution in [-0.4, -0.2) is 5.54 Å². The molecule has 1 aromatic carbocycles. The summed E-state index contributed by atoms with van der Waals surface area (Å²) in [5.41, 5.74) is 7.29. The van der Waals surface area contributed by atoms with E-state index >= 15 is 0 Å². The van der Waals surface area contributed by atoms with E-state index in [1.165, 1.54) is 12.0 Å². The van der Waals surface area contributed by atoms with Gasteiger partial charge in [-0.05, 0) is 38.7 Å². The van der Waals surface area contributed by atoms with E-state index in [1.807, 2.05) is 0 Å². The Bertz CT molecular complexity index is 233. The number of aryl methyl sites for hydroxylation is 1. The van der Waals surface area contributed by atoms with Crippen LogP contribution >= 0.6 is 0 Å². The van der Waals surface area contributed by atoms with Crippen LogP contribution in [-0.2, 0) is 6.42 Å². The summed E-state index contributed by atoms with van der Waals surface area (Å²) in [6, 6.07) is 10.6. The minimum absolute atomic E-state index is 0.0191. The summed E-state index contributed by atoms with van der Waals surface area (Å²) in [5.74, 6) is 0. The van der Waals surface area contributed by atoms with Gasteiger partial charge in [-0.15, -0.1) is 0 Å². The van der Waals surface area contributed by atoms with Gasteiger partial charge in [0.15, 0.2) is 0 Å². The van der Waals surface area contributed by atoms with E-state index in [4.69, 9.17) is 5.73 Å². The Morgan fingerprint density at radius 2 is 1.77 bits per heavy atom. The van der Waals surface area contributed by atoms with E-state index in [1.54, 1.807) is 0 Å². The topological polar surface area (TPSA) is 26.0 Å². The normalized spacial score (nSPS) is 11.6. The Morgan fingerprint density at radius 1 is 1.15 bits per heavy atom. The number of hydrogen-bond donors (Lipinski definition) is 1. The highest BCUT2D eigenvalue weighted by Gasteiger charge is 2.09. The smallest absolute Gasteiger partial charge is 0.00971 e. The monoisotopic (exact) mass is 177 g/mol. The largest absolute Gasteiger partial charge is 0.326 e. The van der Waals surface area contributed by atoms with E-state index in [9.17, 15) is 0 Å². The van der Waals surface area contributed by atoms with Crippen LogP contribution in [0, 0.1) is 0 Å². The lowest BCUT2D eigenvalue weighted by Gasteiger charge is -2.17. The van der Waals surface area contributed by atoms with Crippen LogP contribution in [0.4, 0.5) is 0 Å². The van der Waals surface area contributed by atoms with Gasteiger partial charge in [0, 0.05) is 5.54 Å². The van der Waals surface area contributed by atoms with E-state index in [0.717, 1.165) is 12.8 Å². The minimum atomic E-state index is -0.0191. The van der Waals surface area contributed by atoms with Crippen LogP contribution in [0.1, 0.15) is 32.3 Å². The first-order valence-corrected chi connectivity index (χ1v) is 4.91. The zero-order valence-electron chi connectivity index (χ0n) is 8.59. The van der Waals surface area contributed by atoms with E-state index in [0.29, 0.717) is 0 Å². The maximum absolute atomic E-state index is 5.90. The SMILES string of the molecule is CC(C)(N)CCCc1ccccc1. The lowest BCUT2D eigenvalue weighted by Crippen LogP contribution is -2.31. The van der Waals surface area contributed by atoms with Gasteiger partial charge in [-0.1, -0.05) is 30.3 Å². The molecule has 0 aliphatic rings. The van der Waals surface area contributed by atoms with Crippen molar-refractivity contribution in [1.82, 2.24) is 0 Å². The van der Waals surface area contributed by atoms with Crippen molar-refractivity contribution in [3.63, 3.8) is 0 Å². The molecule has 0 saturated carbocycles. The number of nitrogens with two attached hydrogens (primary N) is 1. The third-order valence-electron chi connectivity index (χ3n) is 2.13. The average Bonchev–Trinajstić information content (AvgIpc) is 2.04. The van der Waals surface area contributed by atoms with Crippen molar-refractivity contribution in [3.05, 3.63) is 35.9 Å². The molecule has 13 heavy (non-hydrogen) atoms. The van der Waals surface area contributed by atoms with E-state index in [2.05, 4.69) is 44.2 Å². The van der Waals surface area contributed by atoms with E-state index in [-0.39, 0.29) is 5.54 Å². The molecule has 0 aromatic heterocycles. The molecule has 1 rings (SSSR count). The summed E-state index contributed by atoms with van der Waals surface area (Å²) in [7, 11) is 0. The summed E-state index contributed by atoms with van der Waals surface area (Å²) in [6.07, 6.45) is 3.40. The van der Waals surface area contributed by atoms with Gasteiger partial charge >= 0.3 is 0 Å². The second-order valence-electron chi connectivity index (χ2n) is 4.33. The Morgan fingerprint density at radius 3 is 2.31 bits per heavy atom. The molecule has 2 N–H and O–H groups in total.